The molecule has 2 aromatic rings. The number of rotatable bonds is 5. The number of hydrogen-bond acceptors (Lipinski definition) is 2. The summed E-state index contributed by atoms with van der Waals surface area (Å²) >= 11 is 0. The van der Waals surface area contributed by atoms with Crippen molar-refractivity contribution in [1.82, 2.24) is 10.2 Å². The van der Waals surface area contributed by atoms with Crippen LogP contribution in [-0.4, -0.2) is 41.8 Å². The number of urea groups is 1. The number of benzene rings is 2. The number of fused-ring (bicyclic) bond motifs is 1. The second-order valence-electron chi connectivity index (χ2n) is 5.97. The molecule has 2 amide bonds. The topological polar surface area (TPSA) is 52.6 Å². The number of likely N-dealkylation sites (N-methyl/N-ethyl adjacent to an activating group) is 1. The Morgan fingerprint density at radius 3 is 2.55 bits per heavy atom. The maximum Gasteiger partial charge on any atom is 0.317 e. The van der Waals surface area contributed by atoms with E-state index < -0.39 is 6.10 Å². The third kappa shape index (κ3) is 4.46. The summed E-state index contributed by atoms with van der Waals surface area (Å²) in [5.41, 5.74) is 1.20. The average molecular weight is 300 g/mol. The van der Waals surface area contributed by atoms with Crippen molar-refractivity contribution in [3.05, 3.63) is 48.0 Å². The van der Waals surface area contributed by atoms with Crippen LogP contribution in [0.4, 0.5) is 4.79 Å². The lowest BCUT2D eigenvalue weighted by Crippen LogP contribution is -2.44. The number of carbonyl (C=O) groups excluding carboxylic acids is 1. The van der Waals surface area contributed by atoms with Gasteiger partial charge in [-0.05, 0) is 36.6 Å². The maximum atomic E-state index is 12.0. The highest BCUT2D eigenvalue weighted by Gasteiger charge is 2.13. The van der Waals surface area contributed by atoms with Gasteiger partial charge in [-0.25, -0.2) is 4.79 Å². The van der Waals surface area contributed by atoms with Gasteiger partial charge < -0.3 is 15.3 Å². The Morgan fingerprint density at radius 1 is 1.18 bits per heavy atom. The summed E-state index contributed by atoms with van der Waals surface area (Å²) in [7, 11) is 1.69. The zero-order valence-electron chi connectivity index (χ0n) is 13.4. The molecular formula is C18H24N2O2. The van der Waals surface area contributed by atoms with Crippen molar-refractivity contribution >= 4 is 16.8 Å². The van der Waals surface area contributed by atoms with Gasteiger partial charge in [0.25, 0.3) is 0 Å². The Kier molecular flexibility index (Phi) is 5.39. The fraction of sp³-hybridized carbons (Fsp3) is 0.389. The van der Waals surface area contributed by atoms with Gasteiger partial charge in [0.15, 0.2) is 0 Å². The van der Waals surface area contributed by atoms with Crippen molar-refractivity contribution in [2.45, 2.75) is 32.4 Å². The lowest BCUT2D eigenvalue weighted by molar-refractivity contribution is 0.142. The van der Waals surface area contributed by atoms with Crippen LogP contribution in [0, 0.1) is 0 Å². The zero-order valence-corrected chi connectivity index (χ0v) is 13.4. The Morgan fingerprint density at radius 2 is 1.86 bits per heavy atom. The van der Waals surface area contributed by atoms with E-state index in [4.69, 9.17) is 0 Å². The Hall–Kier alpha value is -2.07. The summed E-state index contributed by atoms with van der Waals surface area (Å²) in [4.78, 5) is 13.5. The van der Waals surface area contributed by atoms with Crippen molar-refractivity contribution in [2.24, 2.45) is 0 Å². The third-order valence-corrected chi connectivity index (χ3v) is 3.61. The van der Waals surface area contributed by atoms with Crippen molar-refractivity contribution in [1.29, 1.82) is 0 Å². The largest absolute Gasteiger partial charge is 0.392 e. The summed E-state index contributed by atoms with van der Waals surface area (Å²) in [6, 6.07) is 14.5. The third-order valence-electron chi connectivity index (χ3n) is 3.61. The van der Waals surface area contributed by atoms with E-state index in [1.807, 2.05) is 19.1 Å². The molecule has 2 N–H and O–H groups in total. The SMILES string of the molecule is C[C@H](O)CN(C)C(=O)N[C@@H](C)Cc1ccc2ccccc2c1. The van der Waals surface area contributed by atoms with Crippen molar-refractivity contribution < 1.29 is 9.90 Å². The summed E-state index contributed by atoms with van der Waals surface area (Å²) < 4.78 is 0. The van der Waals surface area contributed by atoms with Crippen LogP contribution in [0.5, 0.6) is 0 Å². The van der Waals surface area contributed by atoms with Gasteiger partial charge >= 0.3 is 6.03 Å². The number of aliphatic hydroxyl groups excluding tert-OH is 1. The van der Waals surface area contributed by atoms with Gasteiger partial charge in [-0.3, -0.25) is 0 Å². The highest BCUT2D eigenvalue weighted by atomic mass is 16.3. The standard InChI is InChI=1S/C18H24N2O2/c1-13(19-18(22)20(3)12-14(2)21)10-15-8-9-16-6-4-5-7-17(16)11-15/h4-9,11,13-14,21H,10,12H2,1-3H3,(H,19,22)/t13-,14-/m0/s1. The van der Waals surface area contributed by atoms with E-state index in [0.29, 0.717) is 6.54 Å². The second kappa shape index (κ2) is 7.27. The molecule has 0 saturated heterocycles. The molecule has 0 heterocycles. The second-order valence-corrected chi connectivity index (χ2v) is 5.97. The molecule has 0 aromatic heterocycles. The minimum atomic E-state index is -0.522. The molecule has 0 fully saturated rings. The number of carbonyl (C=O) groups is 1. The van der Waals surface area contributed by atoms with Crippen molar-refractivity contribution in [3.63, 3.8) is 0 Å². The minimum Gasteiger partial charge on any atom is -0.392 e. The predicted molar refractivity (Wildman–Crippen MR) is 90.0 cm³/mol. The molecule has 2 aromatic carbocycles. The fourth-order valence-electron chi connectivity index (χ4n) is 2.57. The molecule has 4 nitrogen and oxygen atoms in total. The van der Waals surface area contributed by atoms with E-state index in [0.717, 1.165) is 6.42 Å². The van der Waals surface area contributed by atoms with Crippen LogP contribution in [0.3, 0.4) is 0 Å². The van der Waals surface area contributed by atoms with Gasteiger partial charge in [0.2, 0.25) is 0 Å². The number of nitrogens with one attached hydrogen (secondary N) is 1. The summed E-state index contributed by atoms with van der Waals surface area (Å²) in [5.74, 6) is 0. The van der Waals surface area contributed by atoms with E-state index in [2.05, 4.69) is 35.6 Å². The Labute approximate surface area is 131 Å². The summed E-state index contributed by atoms with van der Waals surface area (Å²) in [6.07, 6.45) is 0.255. The average Bonchev–Trinajstić information content (AvgIpc) is 2.46. The normalized spacial score (nSPS) is 13.6. The van der Waals surface area contributed by atoms with Crippen LogP contribution < -0.4 is 5.32 Å². The highest BCUT2D eigenvalue weighted by Crippen LogP contribution is 2.16. The van der Waals surface area contributed by atoms with Gasteiger partial charge in [0.1, 0.15) is 0 Å². The molecule has 0 aliphatic heterocycles. The first kappa shape index (κ1) is 16.3. The molecular weight excluding hydrogens is 276 g/mol. The van der Waals surface area contributed by atoms with E-state index in [-0.39, 0.29) is 12.1 Å². The number of hydrogen-bond donors (Lipinski definition) is 2. The van der Waals surface area contributed by atoms with Crippen LogP contribution in [0.1, 0.15) is 19.4 Å². The Balaban J connectivity index is 1.95. The molecule has 2 rings (SSSR count). The molecule has 118 valence electrons. The smallest absolute Gasteiger partial charge is 0.317 e. The first-order valence-electron chi connectivity index (χ1n) is 7.63. The van der Waals surface area contributed by atoms with Crippen molar-refractivity contribution in [2.75, 3.05) is 13.6 Å². The highest BCUT2D eigenvalue weighted by molar-refractivity contribution is 5.83. The lowest BCUT2D eigenvalue weighted by Gasteiger charge is -2.22. The van der Waals surface area contributed by atoms with Crippen LogP contribution in [-0.2, 0) is 6.42 Å². The molecule has 22 heavy (non-hydrogen) atoms. The predicted octanol–water partition coefficient (Wildman–Crippen LogP) is 2.79. The summed E-state index contributed by atoms with van der Waals surface area (Å²) in [5, 5.41) is 14.7. The van der Waals surface area contributed by atoms with Gasteiger partial charge in [-0.1, -0.05) is 42.5 Å². The maximum absolute atomic E-state index is 12.0. The minimum absolute atomic E-state index is 0.0325. The monoisotopic (exact) mass is 300 g/mol. The Bertz CT molecular complexity index is 640. The van der Waals surface area contributed by atoms with Crippen LogP contribution in [0.25, 0.3) is 10.8 Å². The lowest BCUT2D eigenvalue weighted by atomic mass is 10.0. The zero-order chi connectivity index (χ0) is 16.1. The number of nitrogens with zero attached hydrogens (tertiary/aromatic N) is 1. The molecule has 0 unspecified atom stereocenters. The van der Waals surface area contributed by atoms with E-state index in [1.165, 1.54) is 21.2 Å². The van der Waals surface area contributed by atoms with E-state index in [9.17, 15) is 9.90 Å². The molecule has 0 aliphatic rings. The molecule has 2 atom stereocenters. The van der Waals surface area contributed by atoms with Gasteiger partial charge in [0, 0.05) is 19.6 Å². The van der Waals surface area contributed by atoms with E-state index >= 15 is 0 Å². The molecule has 0 saturated carbocycles. The van der Waals surface area contributed by atoms with Gasteiger partial charge in [-0.2, -0.15) is 0 Å². The van der Waals surface area contributed by atoms with Crippen LogP contribution in [0.15, 0.2) is 42.5 Å². The number of aliphatic hydroxyl groups is 1. The quantitative estimate of drug-likeness (QED) is 0.892. The van der Waals surface area contributed by atoms with Crippen molar-refractivity contribution in [3.8, 4) is 0 Å². The van der Waals surface area contributed by atoms with Crippen LogP contribution >= 0.6 is 0 Å². The fourth-order valence-corrected chi connectivity index (χ4v) is 2.57. The first-order valence-corrected chi connectivity index (χ1v) is 7.63. The van der Waals surface area contributed by atoms with Gasteiger partial charge in [0.05, 0.1) is 6.10 Å². The molecule has 0 aliphatic carbocycles. The first-order chi connectivity index (χ1) is 10.5. The number of amides is 2. The molecule has 4 heteroatoms. The molecule has 0 spiro atoms. The van der Waals surface area contributed by atoms with Gasteiger partial charge in [-0.15, -0.1) is 0 Å². The summed E-state index contributed by atoms with van der Waals surface area (Å²) in [6.45, 7) is 3.99. The molecule has 0 bridgehead atoms. The van der Waals surface area contributed by atoms with E-state index in [1.54, 1.807) is 14.0 Å². The molecule has 0 radical (unpaired) electrons. The van der Waals surface area contributed by atoms with Crippen LogP contribution in [0.2, 0.25) is 0 Å².